The Bertz CT molecular complexity index is 1650. The van der Waals surface area contributed by atoms with Crippen molar-refractivity contribution in [1.82, 2.24) is 4.31 Å². The highest BCUT2D eigenvalue weighted by atomic mass is 35.5. The van der Waals surface area contributed by atoms with E-state index in [1.54, 1.807) is 36.4 Å². The van der Waals surface area contributed by atoms with Gasteiger partial charge in [0.25, 0.3) is 5.91 Å². The molecule has 0 fully saturated rings. The summed E-state index contributed by atoms with van der Waals surface area (Å²) in [6.45, 7) is 1.98. The van der Waals surface area contributed by atoms with Gasteiger partial charge in [-0.3, -0.25) is 4.79 Å². The van der Waals surface area contributed by atoms with E-state index < -0.39 is 15.9 Å². The molecule has 0 spiro atoms. The normalized spacial score (nSPS) is 11.7. The monoisotopic (exact) mass is 575 g/mol. The Morgan fingerprint density at radius 1 is 1.00 bits per heavy atom. The van der Waals surface area contributed by atoms with Crippen LogP contribution in [0.5, 0.6) is 5.75 Å². The van der Waals surface area contributed by atoms with E-state index in [-0.39, 0.29) is 29.3 Å². The molecule has 1 N–H and O–H groups in total. The van der Waals surface area contributed by atoms with Gasteiger partial charge in [0.1, 0.15) is 28.9 Å². The fraction of sp³-hybridized carbons (Fsp3) is 0.133. The summed E-state index contributed by atoms with van der Waals surface area (Å²) in [6.07, 6.45) is 1.31. The standard InChI is InChI=1S/C30H26ClN3O5S/c1-21-3-5-22(6-4-21)19-34(40(36,37)29-15-7-24(31)8-16-29)20-28-14-13-27(39-28)17-23(18-32)30(35)33-25-9-11-26(38-2)12-10-25/h3-17H,19-20H2,1-2H3,(H,33,35)/b23-17-. The second-order valence-electron chi connectivity index (χ2n) is 8.87. The molecule has 1 amide bonds. The molecule has 0 aliphatic heterocycles. The van der Waals surface area contributed by atoms with Gasteiger partial charge in [0.15, 0.2) is 0 Å². The van der Waals surface area contributed by atoms with Crippen LogP contribution in [0, 0.1) is 18.3 Å². The number of amides is 1. The van der Waals surface area contributed by atoms with Crippen LogP contribution in [0.1, 0.15) is 22.6 Å². The van der Waals surface area contributed by atoms with Gasteiger partial charge < -0.3 is 14.5 Å². The maximum atomic E-state index is 13.6. The van der Waals surface area contributed by atoms with Crippen LogP contribution in [-0.4, -0.2) is 25.7 Å². The van der Waals surface area contributed by atoms with Crippen molar-refractivity contribution in [2.24, 2.45) is 0 Å². The number of ether oxygens (including phenoxy) is 1. The second kappa shape index (κ2) is 12.7. The lowest BCUT2D eigenvalue weighted by Crippen LogP contribution is -2.30. The molecule has 0 aliphatic rings. The number of nitrogens with zero attached hydrogens (tertiary/aromatic N) is 2. The lowest BCUT2D eigenvalue weighted by molar-refractivity contribution is -0.112. The van der Waals surface area contributed by atoms with Crippen LogP contribution in [0.4, 0.5) is 5.69 Å². The molecule has 10 heteroatoms. The molecule has 8 nitrogen and oxygen atoms in total. The predicted octanol–water partition coefficient (Wildman–Crippen LogP) is 6.19. The van der Waals surface area contributed by atoms with Gasteiger partial charge in [0.05, 0.1) is 18.6 Å². The number of rotatable bonds is 10. The first kappa shape index (κ1) is 28.6. The molecule has 4 aromatic rings. The topological polar surface area (TPSA) is 113 Å². The summed E-state index contributed by atoms with van der Waals surface area (Å²) < 4.78 is 39.4. The number of nitrogens with one attached hydrogen (secondary N) is 1. The van der Waals surface area contributed by atoms with Crippen LogP contribution < -0.4 is 10.1 Å². The van der Waals surface area contributed by atoms with E-state index in [2.05, 4.69) is 5.32 Å². The number of methoxy groups -OCH3 is 1. The number of carbonyl (C=O) groups excluding carboxylic acids is 1. The Hall–Kier alpha value is -4.36. The fourth-order valence-electron chi connectivity index (χ4n) is 3.77. The van der Waals surface area contributed by atoms with Crippen molar-refractivity contribution in [3.8, 4) is 11.8 Å². The molecule has 0 saturated carbocycles. The third-order valence-electron chi connectivity index (χ3n) is 5.95. The van der Waals surface area contributed by atoms with E-state index in [0.29, 0.717) is 22.2 Å². The van der Waals surface area contributed by atoms with Crippen LogP contribution in [0.3, 0.4) is 0 Å². The van der Waals surface area contributed by atoms with Gasteiger partial charge in [0.2, 0.25) is 10.0 Å². The molecular formula is C30H26ClN3O5S. The van der Waals surface area contributed by atoms with Crippen molar-refractivity contribution in [3.63, 3.8) is 0 Å². The maximum absolute atomic E-state index is 13.6. The summed E-state index contributed by atoms with van der Waals surface area (Å²) in [5, 5.41) is 12.6. The van der Waals surface area contributed by atoms with Crippen LogP contribution in [0.2, 0.25) is 5.02 Å². The van der Waals surface area contributed by atoms with E-state index >= 15 is 0 Å². The van der Waals surface area contributed by atoms with Crippen molar-refractivity contribution in [2.75, 3.05) is 12.4 Å². The van der Waals surface area contributed by atoms with Gasteiger partial charge in [-0.15, -0.1) is 0 Å². The lowest BCUT2D eigenvalue weighted by atomic mass is 10.1. The smallest absolute Gasteiger partial charge is 0.266 e. The van der Waals surface area contributed by atoms with E-state index in [0.717, 1.165) is 11.1 Å². The minimum absolute atomic E-state index is 0.0768. The molecule has 4 rings (SSSR count). The number of hydrogen-bond acceptors (Lipinski definition) is 6. The summed E-state index contributed by atoms with van der Waals surface area (Å²) in [6, 6.07) is 25.3. The third kappa shape index (κ3) is 7.18. The number of carbonyl (C=O) groups is 1. The zero-order valence-electron chi connectivity index (χ0n) is 21.8. The number of halogens is 1. The first-order chi connectivity index (χ1) is 19.2. The average Bonchev–Trinajstić information content (AvgIpc) is 3.40. The molecule has 40 heavy (non-hydrogen) atoms. The number of hydrogen-bond donors (Lipinski definition) is 1. The number of benzene rings is 3. The molecule has 1 aromatic heterocycles. The van der Waals surface area contributed by atoms with Gasteiger partial charge in [-0.05, 0) is 73.2 Å². The zero-order valence-corrected chi connectivity index (χ0v) is 23.4. The molecule has 0 unspecified atom stereocenters. The fourth-order valence-corrected chi connectivity index (χ4v) is 5.29. The Morgan fingerprint density at radius 2 is 1.68 bits per heavy atom. The highest BCUT2D eigenvalue weighted by Crippen LogP contribution is 2.24. The summed E-state index contributed by atoms with van der Waals surface area (Å²) >= 11 is 5.97. The van der Waals surface area contributed by atoms with Gasteiger partial charge in [-0.2, -0.15) is 9.57 Å². The average molecular weight is 576 g/mol. The third-order valence-corrected chi connectivity index (χ3v) is 8.00. The van der Waals surface area contributed by atoms with Crippen LogP contribution in [0.25, 0.3) is 6.08 Å². The molecule has 204 valence electrons. The first-order valence-electron chi connectivity index (χ1n) is 12.1. The number of aryl methyl sites for hydroxylation is 1. The summed E-state index contributed by atoms with van der Waals surface area (Å²) in [5.41, 5.74) is 2.17. The highest BCUT2D eigenvalue weighted by molar-refractivity contribution is 7.89. The molecule has 0 saturated heterocycles. The Balaban J connectivity index is 1.56. The molecular weight excluding hydrogens is 550 g/mol. The number of anilines is 1. The largest absolute Gasteiger partial charge is 0.497 e. The highest BCUT2D eigenvalue weighted by Gasteiger charge is 2.26. The van der Waals surface area contributed by atoms with Crippen molar-refractivity contribution >= 4 is 39.3 Å². The van der Waals surface area contributed by atoms with Gasteiger partial charge in [-0.25, -0.2) is 8.42 Å². The Labute approximate surface area is 238 Å². The minimum atomic E-state index is -3.92. The molecule has 0 atom stereocenters. The second-order valence-corrected chi connectivity index (χ2v) is 11.2. The summed E-state index contributed by atoms with van der Waals surface area (Å²) in [5.74, 6) is 0.586. The molecule has 0 radical (unpaired) electrons. The lowest BCUT2D eigenvalue weighted by Gasteiger charge is -2.21. The molecule has 0 aliphatic carbocycles. The summed E-state index contributed by atoms with van der Waals surface area (Å²) in [7, 11) is -2.38. The first-order valence-corrected chi connectivity index (χ1v) is 14.0. The molecule has 0 bridgehead atoms. The minimum Gasteiger partial charge on any atom is -0.497 e. The maximum Gasteiger partial charge on any atom is 0.266 e. The van der Waals surface area contributed by atoms with Crippen LogP contribution in [0.15, 0.2) is 99.8 Å². The SMILES string of the molecule is COc1ccc(NC(=O)/C(C#N)=C\c2ccc(CN(Cc3ccc(C)cc3)S(=O)(=O)c3ccc(Cl)cc3)o2)cc1. The zero-order chi connectivity index (χ0) is 28.7. The Morgan fingerprint density at radius 3 is 2.30 bits per heavy atom. The predicted molar refractivity (Wildman–Crippen MR) is 153 cm³/mol. The van der Waals surface area contributed by atoms with Crippen molar-refractivity contribution in [1.29, 1.82) is 5.26 Å². The van der Waals surface area contributed by atoms with Crippen molar-refractivity contribution < 1.29 is 22.4 Å². The quantitative estimate of drug-likeness (QED) is 0.178. The molecule has 3 aromatic carbocycles. The van der Waals surface area contributed by atoms with E-state index in [9.17, 15) is 18.5 Å². The van der Waals surface area contributed by atoms with Crippen LogP contribution >= 0.6 is 11.6 Å². The summed E-state index contributed by atoms with van der Waals surface area (Å²) in [4.78, 5) is 12.7. The number of furan rings is 1. The Kier molecular flexibility index (Phi) is 9.07. The van der Waals surface area contributed by atoms with Gasteiger partial charge in [0, 0.05) is 23.3 Å². The van der Waals surface area contributed by atoms with Crippen molar-refractivity contribution in [2.45, 2.75) is 24.9 Å². The van der Waals surface area contributed by atoms with E-state index in [4.69, 9.17) is 20.8 Å². The van der Waals surface area contributed by atoms with Gasteiger partial charge in [-0.1, -0.05) is 41.4 Å². The van der Waals surface area contributed by atoms with Gasteiger partial charge >= 0.3 is 0 Å². The number of sulfonamides is 1. The van der Waals surface area contributed by atoms with Crippen molar-refractivity contribution in [3.05, 3.63) is 118 Å². The molecule has 1 heterocycles. The number of nitriles is 1. The van der Waals surface area contributed by atoms with E-state index in [1.807, 2.05) is 37.3 Å². The van der Waals surface area contributed by atoms with Crippen LogP contribution in [-0.2, 0) is 27.9 Å². The van der Waals surface area contributed by atoms with E-state index in [1.165, 1.54) is 41.8 Å².